The maximum Gasteiger partial charge on any atom is 0.261 e. The van der Waals surface area contributed by atoms with Crippen molar-refractivity contribution < 1.29 is 18.3 Å². The number of methoxy groups -OCH3 is 1. The van der Waals surface area contributed by atoms with Crippen LogP contribution < -0.4 is 9.47 Å². The van der Waals surface area contributed by atoms with Gasteiger partial charge in [0.15, 0.2) is 0 Å². The number of hydrogen-bond donors (Lipinski definition) is 0. The third-order valence-electron chi connectivity index (χ3n) is 5.32. The summed E-state index contributed by atoms with van der Waals surface area (Å²) in [7, 11) is 1.62. The molecule has 2 fully saturated rings. The van der Waals surface area contributed by atoms with Crippen LogP contribution in [0, 0.1) is 12.8 Å². The number of pyridine rings is 1. The molecule has 1 saturated carbocycles. The van der Waals surface area contributed by atoms with Crippen LogP contribution in [0.2, 0.25) is 0 Å². The molecule has 0 bridgehead atoms. The molecule has 6 nitrogen and oxygen atoms in total. The largest absolute Gasteiger partial charge is 0.495 e. The van der Waals surface area contributed by atoms with Crippen molar-refractivity contribution in [1.29, 1.82) is 0 Å². The highest BCUT2D eigenvalue weighted by Gasteiger charge is 2.41. The first-order valence-corrected chi connectivity index (χ1v) is 9.49. The summed E-state index contributed by atoms with van der Waals surface area (Å²) in [6, 6.07) is 3.90. The Hall–Kier alpha value is -2.35. The van der Waals surface area contributed by atoms with Gasteiger partial charge in [0.05, 0.1) is 26.5 Å². The standard InChI is InChI=1S/C20H24F2N4O2/c1-13-23-8-15(10-26-6-5-20(21,22)12-26)19(25-13)28-11-14-7-17(14)18-4-3-16(27-2)9-24-18/h3-4,8-9,14,17H,5-7,10-12H2,1-2H3/t14-,17?/m1/s1. The topological polar surface area (TPSA) is 60.4 Å². The number of halogens is 2. The van der Waals surface area contributed by atoms with Gasteiger partial charge in [0.2, 0.25) is 5.88 Å². The Kier molecular flexibility index (Phi) is 5.14. The Morgan fingerprint density at radius 2 is 2.11 bits per heavy atom. The van der Waals surface area contributed by atoms with Gasteiger partial charge < -0.3 is 9.47 Å². The number of alkyl halides is 2. The van der Waals surface area contributed by atoms with E-state index >= 15 is 0 Å². The normalized spacial score (nSPS) is 23.6. The molecular formula is C20H24F2N4O2. The highest BCUT2D eigenvalue weighted by Crippen LogP contribution is 2.47. The summed E-state index contributed by atoms with van der Waals surface area (Å²) >= 11 is 0. The molecule has 0 amide bonds. The average Bonchev–Trinajstić information content (AvgIpc) is 3.38. The molecule has 2 aromatic heterocycles. The molecular weight excluding hydrogens is 366 g/mol. The lowest BCUT2D eigenvalue weighted by Crippen LogP contribution is -2.25. The molecule has 0 spiro atoms. The number of likely N-dealkylation sites (tertiary alicyclic amines) is 1. The van der Waals surface area contributed by atoms with Crippen molar-refractivity contribution in [1.82, 2.24) is 19.9 Å². The van der Waals surface area contributed by atoms with Gasteiger partial charge in [-0.15, -0.1) is 0 Å². The van der Waals surface area contributed by atoms with Gasteiger partial charge in [-0.1, -0.05) is 0 Å². The van der Waals surface area contributed by atoms with Crippen LogP contribution in [0.15, 0.2) is 24.5 Å². The van der Waals surface area contributed by atoms with Crippen LogP contribution in [0.4, 0.5) is 8.78 Å². The predicted molar refractivity (Wildman–Crippen MR) is 98.7 cm³/mol. The lowest BCUT2D eigenvalue weighted by atomic mass is 10.2. The summed E-state index contributed by atoms with van der Waals surface area (Å²) < 4.78 is 38.0. The molecule has 0 radical (unpaired) electrons. The van der Waals surface area contributed by atoms with E-state index in [1.54, 1.807) is 31.3 Å². The summed E-state index contributed by atoms with van der Waals surface area (Å²) in [5, 5.41) is 0. The lowest BCUT2D eigenvalue weighted by Gasteiger charge is -2.17. The van der Waals surface area contributed by atoms with Crippen molar-refractivity contribution in [3.05, 3.63) is 41.6 Å². The summed E-state index contributed by atoms with van der Waals surface area (Å²) in [5.74, 6) is -0.0228. The summed E-state index contributed by atoms with van der Waals surface area (Å²) in [6.45, 7) is 2.83. The zero-order valence-corrected chi connectivity index (χ0v) is 16.1. The van der Waals surface area contributed by atoms with Crippen LogP contribution in [-0.4, -0.2) is 52.6 Å². The van der Waals surface area contributed by atoms with E-state index in [0.29, 0.717) is 43.2 Å². The molecule has 1 aliphatic heterocycles. The molecule has 150 valence electrons. The Labute approximate surface area is 162 Å². The van der Waals surface area contributed by atoms with E-state index < -0.39 is 5.92 Å². The molecule has 4 rings (SSSR count). The first-order chi connectivity index (χ1) is 13.4. The fourth-order valence-electron chi connectivity index (χ4n) is 3.60. The fourth-order valence-corrected chi connectivity index (χ4v) is 3.60. The van der Waals surface area contributed by atoms with E-state index in [0.717, 1.165) is 23.4 Å². The van der Waals surface area contributed by atoms with E-state index in [4.69, 9.17) is 9.47 Å². The number of aromatic nitrogens is 3. The smallest absolute Gasteiger partial charge is 0.261 e. The van der Waals surface area contributed by atoms with Crippen LogP contribution >= 0.6 is 0 Å². The summed E-state index contributed by atoms with van der Waals surface area (Å²) in [5.41, 5.74) is 1.79. The van der Waals surface area contributed by atoms with Crippen LogP contribution in [-0.2, 0) is 6.54 Å². The monoisotopic (exact) mass is 390 g/mol. The zero-order valence-electron chi connectivity index (χ0n) is 16.1. The van der Waals surface area contributed by atoms with E-state index in [-0.39, 0.29) is 13.0 Å². The second-order valence-corrected chi connectivity index (χ2v) is 7.60. The second-order valence-electron chi connectivity index (χ2n) is 7.60. The highest BCUT2D eigenvalue weighted by atomic mass is 19.3. The third kappa shape index (κ3) is 4.38. The SMILES string of the molecule is COc1ccc(C2C[C@@H]2COc2nc(C)ncc2CN2CCC(F)(F)C2)nc1. The van der Waals surface area contributed by atoms with Crippen molar-refractivity contribution in [3.8, 4) is 11.6 Å². The quantitative estimate of drug-likeness (QED) is 0.724. The van der Waals surface area contributed by atoms with Crippen LogP contribution in [0.25, 0.3) is 0 Å². The first-order valence-electron chi connectivity index (χ1n) is 9.49. The summed E-state index contributed by atoms with van der Waals surface area (Å²) in [6.07, 6.45) is 4.32. The third-order valence-corrected chi connectivity index (χ3v) is 5.32. The van der Waals surface area contributed by atoms with Gasteiger partial charge >= 0.3 is 0 Å². The van der Waals surface area contributed by atoms with Gasteiger partial charge in [0.25, 0.3) is 5.92 Å². The van der Waals surface area contributed by atoms with Crippen molar-refractivity contribution in [2.24, 2.45) is 5.92 Å². The van der Waals surface area contributed by atoms with E-state index in [1.807, 2.05) is 12.1 Å². The van der Waals surface area contributed by atoms with Gasteiger partial charge in [0.1, 0.15) is 11.6 Å². The van der Waals surface area contributed by atoms with E-state index in [9.17, 15) is 8.78 Å². The van der Waals surface area contributed by atoms with Crippen molar-refractivity contribution >= 4 is 0 Å². The zero-order chi connectivity index (χ0) is 19.7. The van der Waals surface area contributed by atoms with Gasteiger partial charge in [-0.05, 0) is 25.5 Å². The molecule has 3 heterocycles. The fraction of sp³-hybridized carbons (Fsp3) is 0.550. The van der Waals surface area contributed by atoms with Gasteiger partial charge in [-0.2, -0.15) is 4.98 Å². The lowest BCUT2D eigenvalue weighted by molar-refractivity contribution is 0.0114. The Balaban J connectivity index is 1.36. The van der Waals surface area contributed by atoms with Crippen molar-refractivity contribution in [2.75, 3.05) is 26.8 Å². The second kappa shape index (κ2) is 7.58. The van der Waals surface area contributed by atoms with Crippen molar-refractivity contribution in [3.63, 3.8) is 0 Å². The van der Waals surface area contributed by atoms with Crippen LogP contribution in [0.1, 0.15) is 35.8 Å². The van der Waals surface area contributed by atoms with Gasteiger partial charge in [-0.25, -0.2) is 13.8 Å². The highest BCUT2D eigenvalue weighted by molar-refractivity contribution is 5.26. The molecule has 2 aromatic rings. The minimum Gasteiger partial charge on any atom is -0.495 e. The van der Waals surface area contributed by atoms with Crippen LogP contribution in [0.5, 0.6) is 11.6 Å². The van der Waals surface area contributed by atoms with E-state index in [1.165, 1.54) is 0 Å². The predicted octanol–water partition coefficient (Wildman–Crippen LogP) is 3.21. The molecule has 0 N–H and O–H groups in total. The number of aryl methyl sites for hydroxylation is 1. The van der Waals surface area contributed by atoms with Gasteiger partial charge in [0, 0.05) is 48.8 Å². The minimum atomic E-state index is -2.61. The molecule has 1 unspecified atom stereocenters. The minimum absolute atomic E-state index is 0.103. The van der Waals surface area contributed by atoms with Crippen LogP contribution in [0.3, 0.4) is 0 Å². The first kappa shape index (κ1) is 19.0. The molecule has 2 aliphatic rings. The Bertz CT molecular complexity index is 831. The average molecular weight is 390 g/mol. The number of ether oxygens (including phenoxy) is 2. The van der Waals surface area contributed by atoms with Gasteiger partial charge in [-0.3, -0.25) is 9.88 Å². The maximum atomic E-state index is 13.5. The Morgan fingerprint density at radius 1 is 1.25 bits per heavy atom. The van der Waals surface area contributed by atoms with E-state index in [2.05, 4.69) is 15.0 Å². The molecule has 1 saturated heterocycles. The number of hydrogen-bond acceptors (Lipinski definition) is 6. The maximum absolute atomic E-state index is 13.5. The number of rotatable bonds is 7. The van der Waals surface area contributed by atoms with Crippen molar-refractivity contribution in [2.45, 2.75) is 38.2 Å². The molecule has 1 aliphatic carbocycles. The number of nitrogens with zero attached hydrogens (tertiary/aromatic N) is 4. The molecule has 8 heteroatoms. The molecule has 28 heavy (non-hydrogen) atoms. The molecule has 2 atom stereocenters. The molecule has 0 aromatic carbocycles. The Morgan fingerprint density at radius 3 is 2.79 bits per heavy atom. The summed E-state index contributed by atoms with van der Waals surface area (Å²) in [4.78, 5) is 14.8.